The van der Waals surface area contributed by atoms with Gasteiger partial charge in [0, 0.05) is 7.05 Å². The number of sulfonamides is 1. The highest BCUT2D eigenvalue weighted by atomic mass is 32.2. The Kier molecular flexibility index (Phi) is 5.02. The van der Waals surface area contributed by atoms with Gasteiger partial charge in [0.05, 0.1) is 16.9 Å². The number of hydrogen-bond donors (Lipinski definition) is 1. The van der Waals surface area contributed by atoms with Crippen molar-refractivity contribution in [3.05, 3.63) is 59.7 Å². The van der Waals surface area contributed by atoms with Crippen molar-refractivity contribution in [1.82, 2.24) is 4.90 Å². The highest BCUT2D eigenvalue weighted by molar-refractivity contribution is 7.89. The van der Waals surface area contributed by atoms with Gasteiger partial charge in [-0.1, -0.05) is 30.3 Å². The van der Waals surface area contributed by atoms with Crippen molar-refractivity contribution in [1.29, 1.82) is 0 Å². The molecule has 2 unspecified atom stereocenters. The van der Waals surface area contributed by atoms with Crippen LogP contribution in [0.25, 0.3) is 0 Å². The Balaban J connectivity index is 1.72. The number of nitrogens with zero attached hydrogens (tertiary/aromatic N) is 1. The third-order valence-corrected chi connectivity index (χ3v) is 5.78. The lowest BCUT2D eigenvalue weighted by atomic mass is 9.94. The van der Waals surface area contributed by atoms with E-state index in [1.807, 2.05) is 31.2 Å². The Bertz CT molecular complexity index is 909. The number of ether oxygens (including phenoxy) is 1. The van der Waals surface area contributed by atoms with Gasteiger partial charge in [0.1, 0.15) is 12.4 Å². The third kappa shape index (κ3) is 3.73. The number of carbonyl (C=O) groups excluding carboxylic acids is 1. The van der Waals surface area contributed by atoms with E-state index in [0.29, 0.717) is 13.0 Å². The number of rotatable bonds is 4. The van der Waals surface area contributed by atoms with Crippen molar-refractivity contribution in [3.63, 3.8) is 0 Å². The van der Waals surface area contributed by atoms with Gasteiger partial charge >= 0.3 is 0 Å². The molecule has 2 aromatic rings. The van der Waals surface area contributed by atoms with Gasteiger partial charge in [-0.25, -0.2) is 13.6 Å². The normalized spacial score (nSPS) is 17.7. The van der Waals surface area contributed by atoms with E-state index in [2.05, 4.69) is 0 Å². The Morgan fingerprint density at radius 3 is 2.50 bits per heavy atom. The van der Waals surface area contributed by atoms with Gasteiger partial charge in [-0.05, 0) is 42.7 Å². The zero-order valence-electron chi connectivity index (χ0n) is 14.8. The zero-order chi connectivity index (χ0) is 18.9. The van der Waals surface area contributed by atoms with Crippen LogP contribution < -0.4 is 9.88 Å². The largest absolute Gasteiger partial charge is 0.492 e. The Morgan fingerprint density at radius 1 is 1.19 bits per heavy atom. The van der Waals surface area contributed by atoms with Gasteiger partial charge in [-0.2, -0.15) is 0 Å². The summed E-state index contributed by atoms with van der Waals surface area (Å²) in [6.45, 7) is 2.26. The van der Waals surface area contributed by atoms with Crippen LogP contribution in [0.5, 0.6) is 5.75 Å². The van der Waals surface area contributed by atoms with Gasteiger partial charge < -0.3 is 9.64 Å². The zero-order valence-corrected chi connectivity index (χ0v) is 15.6. The average Bonchev–Trinajstić information content (AvgIpc) is 2.65. The molecule has 0 spiro atoms. The highest BCUT2D eigenvalue weighted by Gasteiger charge is 2.30. The van der Waals surface area contributed by atoms with E-state index < -0.39 is 10.0 Å². The molecule has 0 aromatic heterocycles. The first-order valence-electron chi connectivity index (χ1n) is 8.37. The second-order valence-electron chi connectivity index (χ2n) is 6.56. The van der Waals surface area contributed by atoms with E-state index in [4.69, 9.17) is 9.88 Å². The summed E-state index contributed by atoms with van der Waals surface area (Å²) in [5.41, 5.74) is 1.88. The molecule has 0 radical (unpaired) electrons. The fraction of sp³-hybridized carbons (Fsp3) is 0.316. The number of amides is 1. The molecule has 0 aliphatic carbocycles. The molecule has 2 aromatic carbocycles. The third-order valence-electron chi connectivity index (χ3n) is 4.85. The van der Waals surface area contributed by atoms with Crippen LogP contribution in [0.15, 0.2) is 53.4 Å². The van der Waals surface area contributed by atoms with Gasteiger partial charge in [-0.15, -0.1) is 0 Å². The van der Waals surface area contributed by atoms with Crippen LogP contribution >= 0.6 is 0 Å². The molecule has 6 nitrogen and oxygen atoms in total. The van der Waals surface area contributed by atoms with Gasteiger partial charge in [0.2, 0.25) is 15.9 Å². The molecule has 1 aliphatic heterocycles. The summed E-state index contributed by atoms with van der Waals surface area (Å²) in [5.74, 6) is 0.606. The quantitative estimate of drug-likeness (QED) is 0.887. The number of benzene rings is 2. The SMILES string of the molecule is CC(c1ccc(S(N)(=O)=O)cc1)N(C)C(=O)C1COc2ccccc2C1. The van der Waals surface area contributed by atoms with E-state index in [1.54, 1.807) is 24.1 Å². The van der Waals surface area contributed by atoms with Crippen LogP contribution in [0.4, 0.5) is 0 Å². The summed E-state index contributed by atoms with van der Waals surface area (Å²) < 4.78 is 28.4. The summed E-state index contributed by atoms with van der Waals surface area (Å²) in [5, 5.41) is 5.12. The molecule has 0 saturated carbocycles. The molecule has 2 N–H and O–H groups in total. The van der Waals surface area contributed by atoms with Crippen LogP contribution in [-0.4, -0.2) is 32.9 Å². The van der Waals surface area contributed by atoms with Gasteiger partial charge in [0.25, 0.3) is 0 Å². The Morgan fingerprint density at radius 2 is 1.85 bits per heavy atom. The predicted molar refractivity (Wildman–Crippen MR) is 98.1 cm³/mol. The monoisotopic (exact) mass is 374 g/mol. The van der Waals surface area contributed by atoms with Crippen LogP contribution in [-0.2, 0) is 21.2 Å². The number of fused-ring (bicyclic) bond motifs is 1. The van der Waals surface area contributed by atoms with Gasteiger partial charge in [-0.3, -0.25) is 4.79 Å². The molecule has 0 bridgehead atoms. The lowest BCUT2D eigenvalue weighted by Crippen LogP contribution is -2.39. The number of primary sulfonamides is 1. The van der Waals surface area contributed by atoms with Crippen molar-refractivity contribution in [2.45, 2.75) is 24.3 Å². The fourth-order valence-electron chi connectivity index (χ4n) is 3.13. The van der Waals surface area contributed by atoms with E-state index in [-0.39, 0.29) is 22.8 Å². The minimum Gasteiger partial charge on any atom is -0.492 e. The summed E-state index contributed by atoms with van der Waals surface area (Å²) >= 11 is 0. The molecule has 1 aliphatic rings. The fourth-order valence-corrected chi connectivity index (χ4v) is 3.64. The van der Waals surface area contributed by atoms with E-state index in [0.717, 1.165) is 16.9 Å². The lowest BCUT2D eigenvalue weighted by Gasteiger charge is -2.31. The molecular weight excluding hydrogens is 352 g/mol. The maximum atomic E-state index is 12.9. The molecule has 0 saturated heterocycles. The summed E-state index contributed by atoms with van der Waals surface area (Å²) in [7, 11) is -1.97. The maximum absolute atomic E-state index is 12.9. The highest BCUT2D eigenvalue weighted by Crippen LogP contribution is 2.29. The maximum Gasteiger partial charge on any atom is 0.238 e. The first-order chi connectivity index (χ1) is 12.3. The number of hydrogen-bond acceptors (Lipinski definition) is 4. The topological polar surface area (TPSA) is 89.7 Å². The molecule has 138 valence electrons. The number of para-hydroxylation sites is 1. The second kappa shape index (κ2) is 7.09. The van der Waals surface area contributed by atoms with Crippen molar-refractivity contribution in [2.75, 3.05) is 13.7 Å². The molecule has 7 heteroatoms. The van der Waals surface area contributed by atoms with E-state index >= 15 is 0 Å². The van der Waals surface area contributed by atoms with Crippen LogP contribution in [0.1, 0.15) is 24.1 Å². The van der Waals surface area contributed by atoms with Crippen LogP contribution in [0, 0.1) is 5.92 Å². The van der Waals surface area contributed by atoms with Gasteiger partial charge in [0.15, 0.2) is 0 Å². The Labute approximate surface area is 153 Å². The Hall–Kier alpha value is -2.38. The van der Waals surface area contributed by atoms with Crippen molar-refractivity contribution in [3.8, 4) is 5.75 Å². The van der Waals surface area contributed by atoms with Crippen molar-refractivity contribution < 1.29 is 17.9 Å². The average molecular weight is 374 g/mol. The summed E-state index contributed by atoms with van der Waals surface area (Å²) in [6, 6.07) is 13.8. The predicted octanol–water partition coefficient (Wildman–Crippen LogP) is 2.10. The molecule has 2 atom stereocenters. The van der Waals surface area contributed by atoms with Crippen LogP contribution in [0.3, 0.4) is 0 Å². The van der Waals surface area contributed by atoms with Crippen molar-refractivity contribution in [2.24, 2.45) is 11.1 Å². The standard InChI is InChI=1S/C19H22N2O4S/c1-13(14-7-9-17(10-8-14)26(20,23)24)21(2)19(22)16-11-15-5-3-4-6-18(15)25-12-16/h3-10,13,16H,11-12H2,1-2H3,(H2,20,23,24). The molecule has 0 fully saturated rings. The minimum atomic E-state index is -3.72. The molecule has 26 heavy (non-hydrogen) atoms. The molecule has 1 heterocycles. The summed E-state index contributed by atoms with van der Waals surface area (Å²) in [4.78, 5) is 14.6. The van der Waals surface area contributed by atoms with E-state index in [1.165, 1.54) is 12.1 Å². The first kappa shape index (κ1) is 18.4. The van der Waals surface area contributed by atoms with Crippen LogP contribution in [0.2, 0.25) is 0 Å². The number of nitrogens with two attached hydrogens (primary N) is 1. The molecule has 3 rings (SSSR count). The first-order valence-corrected chi connectivity index (χ1v) is 9.92. The summed E-state index contributed by atoms with van der Waals surface area (Å²) in [6.07, 6.45) is 0.649. The molecule has 1 amide bonds. The van der Waals surface area contributed by atoms with Crippen molar-refractivity contribution >= 4 is 15.9 Å². The smallest absolute Gasteiger partial charge is 0.238 e. The minimum absolute atomic E-state index is 0.00234. The second-order valence-corrected chi connectivity index (χ2v) is 8.12. The van der Waals surface area contributed by atoms with E-state index in [9.17, 15) is 13.2 Å². The molecular formula is C19H22N2O4S. The lowest BCUT2D eigenvalue weighted by molar-refractivity contribution is -0.137. The number of carbonyl (C=O) groups is 1.